The highest BCUT2D eigenvalue weighted by atomic mass is 16.5. The number of hydrogen-bond donors (Lipinski definition) is 1. The summed E-state index contributed by atoms with van der Waals surface area (Å²) in [7, 11) is 0. The van der Waals surface area contributed by atoms with Crippen molar-refractivity contribution in [3.05, 3.63) is 11.7 Å². The molecular formula is C13H24N4O. The van der Waals surface area contributed by atoms with E-state index in [9.17, 15) is 0 Å². The molecule has 5 heteroatoms. The van der Waals surface area contributed by atoms with Gasteiger partial charge in [0.1, 0.15) is 0 Å². The number of rotatable bonds is 6. The van der Waals surface area contributed by atoms with Gasteiger partial charge >= 0.3 is 0 Å². The Morgan fingerprint density at radius 3 is 2.83 bits per heavy atom. The Morgan fingerprint density at radius 2 is 2.22 bits per heavy atom. The number of aromatic nitrogens is 2. The molecule has 2 N–H and O–H groups in total. The summed E-state index contributed by atoms with van der Waals surface area (Å²) in [5, 5.41) is 3.95. The van der Waals surface area contributed by atoms with E-state index in [-0.39, 0.29) is 0 Å². The predicted octanol–water partition coefficient (Wildman–Crippen LogP) is 1.58. The van der Waals surface area contributed by atoms with Gasteiger partial charge in [-0.25, -0.2) is 0 Å². The van der Waals surface area contributed by atoms with Gasteiger partial charge in [0.2, 0.25) is 5.89 Å². The zero-order chi connectivity index (χ0) is 13.0. The van der Waals surface area contributed by atoms with Crippen LogP contribution in [0.5, 0.6) is 0 Å². The van der Waals surface area contributed by atoms with E-state index in [1.54, 1.807) is 0 Å². The summed E-state index contributed by atoms with van der Waals surface area (Å²) in [5.41, 5.74) is 5.86. The smallest absolute Gasteiger partial charge is 0.240 e. The van der Waals surface area contributed by atoms with E-state index >= 15 is 0 Å². The minimum atomic E-state index is 0.581. The first-order valence-corrected chi connectivity index (χ1v) is 7.04. The third-order valence-corrected chi connectivity index (χ3v) is 3.96. The van der Waals surface area contributed by atoms with Gasteiger partial charge < -0.3 is 10.3 Å². The van der Waals surface area contributed by atoms with E-state index in [0.29, 0.717) is 12.0 Å². The molecule has 1 aliphatic rings. The molecule has 2 rings (SSSR count). The molecule has 0 aromatic carbocycles. The van der Waals surface area contributed by atoms with E-state index in [1.165, 1.54) is 19.3 Å². The highest BCUT2D eigenvalue weighted by Crippen LogP contribution is 2.29. The van der Waals surface area contributed by atoms with Crippen LogP contribution in [-0.4, -0.2) is 34.2 Å². The van der Waals surface area contributed by atoms with Crippen LogP contribution in [0.3, 0.4) is 0 Å². The van der Waals surface area contributed by atoms with Crippen molar-refractivity contribution in [2.24, 2.45) is 11.7 Å². The fraction of sp³-hybridized carbons (Fsp3) is 0.846. The second kappa shape index (κ2) is 6.29. The molecular weight excluding hydrogens is 228 g/mol. The van der Waals surface area contributed by atoms with Crippen LogP contribution in [0.4, 0.5) is 0 Å². The molecule has 1 aliphatic carbocycles. The molecule has 0 radical (unpaired) electrons. The molecule has 5 nitrogen and oxygen atoms in total. The maximum atomic E-state index is 5.86. The lowest BCUT2D eigenvalue weighted by Crippen LogP contribution is -2.39. The Balaban J connectivity index is 2.00. The lowest BCUT2D eigenvalue weighted by molar-refractivity contribution is 0.143. The summed E-state index contributed by atoms with van der Waals surface area (Å²) in [5.74, 6) is 2.15. The van der Waals surface area contributed by atoms with Crippen LogP contribution in [-0.2, 0) is 13.0 Å². The zero-order valence-electron chi connectivity index (χ0n) is 11.4. The van der Waals surface area contributed by atoms with Gasteiger partial charge in [-0.1, -0.05) is 25.4 Å². The molecule has 0 spiro atoms. The van der Waals surface area contributed by atoms with Crippen molar-refractivity contribution >= 4 is 0 Å². The van der Waals surface area contributed by atoms with E-state index < -0.39 is 0 Å². The van der Waals surface area contributed by atoms with Gasteiger partial charge in [-0.2, -0.15) is 4.98 Å². The van der Waals surface area contributed by atoms with Crippen LogP contribution in [0.25, 0.3) is 0 Å². The molecule has 1 heterocycles. The average Bonchev–Trinajstić information content (AvgIpc) is 3.04. The Morgan fingerprint density at radius 1 is 1.39 bits per heavy atom. The minimum Gasteiger partial charge on any atom is -0.338 e. The van der Waals surface area contributed by atoms with Crippen LogP contribution < -0.4 is 5.73 Å². The van der Waals surface area contributed by atoms with Crippen molar-refractivity contribution in [1.82, 2.24) is 15.0 Å². The standard InChI is InChI=1S/C13H24N4O/c1-3-12-15-13(18-16-12)9-17(4-2)11-7-5-6-10(11)8-14/h10-11H,3-9,14H2,1-2H3. The summed E-state index contributed by atoms with van der Waals surface area (Å²) >= 11 is 0. The van der Waals surface area contributed by atoms with E-state index in [2.05, 4.69) is 22.0 Å². The van der Waals surface area contributed by atoms with E-state index in [4.69, 9.17) is 10.3 Å². The Bertz CT molecular complexity index is 366. The lowest BCUT2D eigenvalue weighted by atomic mass is 10.0. The average molecular weight is 252 g/mol. The number of hydrogen-bond acceptors (Lipinski definition) is 5. The predicted molar refractivity (Wildman–Crippen MR) is 69.9 cm³/mol. The monoisotopic (exact) mass is 252 g/mol. The SMILES string of the molecule is CCc1noc(CN(CC)C2CCCC2CN)n1. The summed E-state index contributed by atoms with van der Waals surface area (Å²) in [6.07, 6.45) is 4.60. The number of nitrogens with two attached hydrogens (primary N) is 1. The molecule has 0 amide bonds. The van der Waals surface area contributed by atoms with E-state index in [0.717, 1.165) is 37.8 Å². The maximum absolute atomic E-state index is 5.86. The van der Waals surface area contributed by atoms with Crippen LogP contribution in [0.2, 0.25) is 0 Å². The number of aryl methyl sites for hydroxylation is 1. The molecule has 2 unspecified atom stereocenters. The first-order chi connectivity index (χ1) is 8.78. The summed E-state index contributed by atoms with van der Waals surface area (Å²) in [4.78, 5) is 6.82. The molecule has 0 aliphatic heterocycles. The van der Waals surface area contributed by atoms with Gasteiger partial charge in [0.05, 0.1) is 6.54 Å². The van der Waals surface area contributed by atoms with Gasteiger partial charge in [-0.3, -0.25) is 4.90 Å². The van der Waals surface area contributed by atoms with Crippen molar-refractivity contribution in [3.8, 4) is 0 Å². The van der Waals surface area contributed by atoms with Crippen molar-refractivity contribution in [2.75, 3.05) is 13.1 Å². The molecule has 18 heavy (non-hydrogen) atoms. The zero-order valence-corrected chi connectivity index (χ0v) is 11.4. The Hall–Kier alpha value is -0.940. The molecule has 1 aromatic rings. The van der Waals surface area contributed by atoms with Gasteiger partial charge in [0.25, 0.3) is 0 Å². The first kappa shape index (κ1) is 13.5. The molecule has 102 valence electrons. The highest BCUT2D eigenvalue weighted by Gasteiger charge is 2.31. The van der Waals surface area contributed by atoms with Gasteiger partial charge in [0, 0.05) is 12.5 Å². The Kier molecular flexibility index (Phi) is 4.72. The minimum absolute atomic E-state index is 0.581. The summed E-state index contributed by atoms with van der Waals surface area (Å²) < 4.78 is 5.28. The molecule has 0 bridgehead atoms. The quantitative estimate of drug-likeness (QED) is 0.832. The maximum Gasteiger partial charge on any atom is 0.240 e. The second-order valence-corrected chi connectivity index (χ2v) is 5.02. The van der Waals surface area contributed by atoms with Crippen LogP contribution in [0.1, 0.15) is 44.8 Å². The van der Waals surface area contributed by atoms with E-state index in [1.807, 2.05) is 6.92 Å². The van der Waals surface area contributed by atoms with Gasteiger partial charge in [0.15, 0.2) is 5.82 Å². The third-order valence-electron chi connectivity index (χ3n) is 3.96. The summed E-state index contributed by atoms with van der Waals surface area (Å²) in [6, 6.07) is 0.581. The second-order valence-electron chi connectivity index (χ2n) is 5.02. The van der Waals surface area contributed by atoms with Crippen molar-refractivity contribution in [2.45, 2.75) is 52.1 Å². The highest BCUT2D eigenvalue weighted by molar-refractivity contribution is 4.90. The van der Waals surface area contributed by atoms with Gasteiger partial charge in [-0.05, 0) is 31.8 Å². The molecule has 0 saturated heterocycles. The van der Waals surface area contributed by atoms with Crippen LogP contribution in [0, 0.1) is 5.92 Å². The Labute approximate surface area is 109 Å². The van der Waals surface area contributed by atoms with Crippen LogP contribution in [0.15, 0.2) is 4.52 Å². The lowest BCUT2D eigenvalue weighted by Gasteiger charge is -2.30. The molecule has 1 aromatic heterocycles. The fourth-order valence-electron chi connectivity index (χ4n) is 2.91. The van der Waals surface area contributed by atoms with Crippen molar-refractivity contribution < 1.29 is 4.52 Å². The molecule has 1 saturated carbocycles. The van der Waals surface area contributed by atoms with Gasteiger partial charge in [-0.15, -0.1) is 0 Å². The largest absolute Gasteiger partial charge is 0.338 e. The van der Waals surface area contributed by atoms with Crippen molar-refractivity contribution in [1.29, 1.82) is 0 Å². The van der Waals surface area contributed by atoms with Crippen LogP contribution >= 0.6 is 0 Å². The normalized spacial score (nSPS) is 24.0. The topological polar surface area (TPSA) is 68.2 Å². The fourth-order valence-corrected chi connectivity index (χ4v) is 2.91. The number of nitrogens with zero attached hydrogens (tertiary/aromatic N) is 3. The van der Waals surface area contributed by atoms with Crippen molar-refractivity contribution in [3.63, 3.8) is 0 Å². The summed E-state index contributed by atoms with van der Waals surface area (Å²) in [6.45, 7) is 6.76. The first-order valence-electron chi connectivity index (χ1n) is 7.04. The molecule has 2 atom stereocenters. The molecule has 1 fully saturated rings. The third kappa shape index (κ3) is 2.90.